The van der Waals surface area contributed by atoms with Gasteiger partial charge in [0.25, 0.3) is 5.91 Å². The summed E-state index contributed by atoms with van der Waals surface area (Å²) in [6.45, 7) is 0.727. The second-order valence-electron chi connectivity index (χ2n) is 8.88. The average molecular weight is 539 g/mol. The van der Waals surface area contributed by atoms with Crippen molar-refractivity contribution in [2.24, 2.45) is 0 Å². The van der Waals surface area contributed by atoms with E-state index in [1.807, 2.05) is 0 Å². The first-order valence-electron chi connectivity index (χ1n) is 12.0. The van der Waals surface area contributed by atoms with Crippen LogP contribution >= 0.6 is 0 Å². The van der Waals surface area contributed by atoms with Crippen LogP contribution in [-0.4, -0.2) is 40.2 Å². The van der Waals surface area contributed by atoms with Crippen molar-refractivity contribution in [2.45, 2.75) is 25.1 Å². The number of carbonyl (C=O) groups is 1. The topological polar surface area (TPSA) is 86.2 Å². The predicted molar refractivity (Wildman–Crippen MR) is 134 cm³/mol. The van der Waals surface area contributed by atoms with Crippen LogP contribution in [0.3, 0.4) is 0 Å². The summed E-state index contributed by atoms with van der Waals surface area (Å²) in [6.07, 6.45) is 0.108. The monoisotopic (exact) mass is 538 g/mol. The molecule has 5 rings (SSSR count). The molecule has 2 aromatic carbocycles. The van der Waals surface area contributed by atoms with Gasteiger partial charge in [0.2, 0.25) is 0 Å². The van der Waals surface area contributed by atoms with Crippen molar-refractivity contribution in [3.05, 3.63) is 102 Å². The highest BCUT2D eigenvalue weighted by Gasteiger charge is 2.32. The van der Waals surface area contributed by atoms with Gasteiger partial charge in [-0.3, -0.25) is 9.78 Å². The largest absolute Gasteiger partial charge is 0.488 e. The van der Waals surface area contributed by atoms with Crippen molar-refractivity contribution in [2.75, 3.05) is 18.5 Å². The molecule has 1 amide bonds. The summed E-state index contributed by atoms with van der Waals surface area (Å²) in [5, 5.41) is 2.48. The van der Waals surface area contributed by atoms with E-state index in [1.165, 1.54) is 24.5 Å². The molecule has 1 aliphatic rings. The number of nitrogens with zero attached hydrogens (tertiary/aromatic N) is 3. The minimum absolute atomic E-state index is 0.0391. The maximum atomic E-state index is 14.8. The number of hydrogen-bond acceptors (Lipinski definition) is 6. The number of nitrogens with one attached hydrogen (secondary N) is 1. The van der Waals surface area contributed by atoms with Crippen molar-refractivity contribution in [3.63, 3.8) is 0 Å². The van der Waals surface area contributed by atoms with Crippen molar-refractivity contribution >= 4 is 11.6 Å². The van der Waals surface area contributed by atoms with Crippen LogP contribution in [0.1, 0.15) is 33.6 Å². The van der Waals surface area contributed by atoms with Crippen molar-refractivity contribution in [1.82, 2.24) is 15.0 Å². The van der Waals surface area contributed by atoms with E-state index < -0.39 is 23.5 Å². The van der Waals surface area contributed by atoms with E-state index in [-0.39, 0.29) is 41.7 Å². The zero-order chi connectivity index (χ0) is 27.4. The van der Waals surface area contributed by atoms with Gasteiger partial charge < -0.3 is 14.8 Å². The zero-order valence-corrected chi connectivity index (χ0v) is 20.4. The Bertz CT molecular complexity index is 1480. The molecule has 1 aliphatic heterocycles. The molecule has 1 fully saturated rings. The fraction of sp³-hybridized carbons (Fsp3) is 0.214. The molecule has 0 bridgehead atoms. The van der Waals surface area contributed by atoms with Crippen molar-refractivity contribution in [1.29, 1.82) is 0 Å². The van der Waals surface area contributed by atoms with Crippen LogP contribution in [0.2, 0.25) is 0 Å². The van der Waals surface area contributed by atoms with Crippen molar-refractivity contribution in [3.8, 4) is 17.0 Å². The molecule has 11 heteroatoms. The number of anilines is 1. The van der Waals surface area contributed by atoms with Gasteiger partial charge in [0.05, 0.1) is 30.2 Å². The molecule has 1 saturated heterocycles. The van der Waals surface area contributed by atoms with Gasteiger partial charge in [0.15, 0.2) is 0 Å². The quantitative estimate of drug-likeness (QED) is 0.304. The smallest absolute Gasteiger partial charge is 0.416 e. The number of hydrogen-bond donors (Lipinski definition) is 1. The van der Waals surface area contributed by atoms with Gasteiger partial charge in [0.1, 0.15) is 24.0 Å². The minimum Gasteiger partial charge on any atom is -0.488 e. The fourth-order valence-electron chi connectivity index (χ4n) is 4.20. The lowest BCUT2D eigenvalue weighted by molar-refractivity contribution is -0.137. The molecule has 0 aliphatic carbocycles. The lowest BCUT2D eigenvalue weighted by atomic mass is 10.0. The van der Waals surface area contributed by atoms with E-state index >= 15 is 0 Å². The number of amides is 1. The summed E-state index contributed by atoms with van der Waals surface area (Å²) in [4.78, 5) is 25.5. The molecule has 39 heavy (non-hydrogen) atoms. The summed E-state index contributed by atoms with van der Waals surface area (Å²) in [6, 6.07) is 12.0. The zero-order valence-electron chi connectivity index (χ0n) is 20.4. The number of ether oxygens (including phenoxy) is 2. The van der Waals surface area contributed by atoms with Gasteiger partial charge in [-0.2, -0.15) is 13.2 Å². The maximum absolute atomic E-state index is 14.8. The van der Waals surface area contributed by atoms with Gasteiger partial charge in [-0.25, -0.2) is 14.4 Å². The van der Waals surface area contributed by atoms with Crippen LogP contribution in [-0.2, 0) is 17.3 Å². The highest BCUT2D eigenvalue weighted by atomic mass is 19.4. The maximum Gasteiger partial charge on any atom is 0.416 e. The third-order valence-electron chi connectivity index (χ3n) is 6.10. The standard InChI is InChI=1S/C28H22F4N4O3/c29-24-4-3-17(10-18(24)11-26-23(2-1-7-34-26)25-5-8-33-16-35-25)27(37)36-20-12-19(28(30,31)32)13-22(14-20)39-21-6-9-38-15-21/h1-5,7-8,10,12-14,16,21H,6,9,11,15H2,(H,36,37)/t21-/m1/s1. The van der Waals surface area contributed by atoms with Gasteiger partial charge in [0, 0.05) is 48.1 Å². The molecule has 0 saturated carbocycles. The Labute approximate surface area is 220 Å². The lowest BCUT2D eigenvalue weighted by Crippen LogP contribution is -2.18. The molecule has 3 heterocycles. The molecule has 0 unspecified atom stereocenters. The van der Waals surface area contributed by atoms with Gasteiger partial charge in [-0.05, 0) is 54.1 Å². The van der Waals surface area contributed by atoms with E-state index in [4.69, 9.17) is 9.47 Å². The second kappa shape index (κ2) is 11.2. The summed E-state index contributed by atoms with van der Waals surface area (Å²) in [7, 11) is 0. The Balaban J connectivity index is 1.39. The van der Waals surface area contributed by atoms with E-state index in [2.05, 4.69) is 20.3 Å². The molecule has 2 aromatic heterocycles. The predicted octanol–water partition coefficient (Wildman–Crippen LogP) is 5.71. The number of carbonyl (C=O) groups excluding carboxylic acids is 1. The Hall–Kier alpha value is -4.38. The number of alkyl halides is 3. The Kier molecular flexibility index (Phi) is 7.51. The Morgan fingerprint density at radius 2 is 1.95 bits per heavy atom. The molecule has 0 radical (unpaired) electrons. The first kappa shape index (κ1) is 26.2. The van der Waals surface area contributed by atoms with Gasteiger partial charge >= 0.3 is 6.18 Å². The molecule has 0 spiro atoms. The number of benzene rings is 2. The molecule has 4 aromatic rings. The van der Waals surface area contributed by atoms with Gasteiger partial charge in [-0.15, -0.1) is 0 Å². The number of aromatic nitrogens is 3. The van der Waals surface area contributed by atoms with Crippen LogP contribution in [0.25, 0.3) is 11.3 Å². The first-order chi connectivity index (χ1) is 18.8. The lowest BCUT2D eigenvalue weighted by Gasteiger charge is -2.16. The van der Waals surface area contributed by atoms with Crippen LogP contribution < -0.4 is 10.1 Å². The third-order valence-corrected chi connectivity index (χ3v) is 6.10. The highest BCUT2D eigenvalue weighted by Crippen LogP contribution is 2.35. The summed E-state index contributed by atoms with van der Waals surface area (Å²) >= 11 is 0. The molecule has 1 atom stereocenters. The minimum atomic E-state index is -4.65. The fourth-order valence-corrected chi connectivity index (χ4v) is 4.20. The van der Waals surface area contributed by atoms with E-state index in [0.29, 0.717) is 30.0 Å². The number of rotatable bonds is 7. The first-order valence-corrected chi connectivity index (χ1v) is 12.0. The Morgan fingerprint density at radius 3 is 2.69 bits per heavy atom. The molecular formula is C28H22F4N4O3. The van der Waals surface area contributed by atoms with E-state index in [0.717, 1.165) is 18.2 Å². The third kappa shape index (κ3) is 6.37. The number of halogens is 4. The second-order valence-corrected chi connectivity index (χ2v) is 8.88. The number of pyridine rings is 1. The van der Waals surface area contributed by atoms with E-state index in [9.17, 15) is 22.4 Å². The Morgan fingerprint density at radius 1 is 1.08 bits per heavy atom. The normalized spacial score (nSPS) is 15.2. The van der Waals surface area contributed by atoms with Crippen molar-refractivity contribution < 1.29 is 31.8 Å². The van der Waals surface area contributed by atoms with Crippen LogP contribution in [0.15, 0.2) is 73.3 Å². The molecule has 1 N–H and O–H groups in total. The molecule has 7 nitrogen and oxygen atoms in total. The molecule has 200 valence electrons. The summed E-state index contributed by atoms with van der Waals surface area (Å²) in [5.74, 6) is -1.30. The van der Waals surface area contributed by atoms with Gasteiger partial charge in [-0.1, -0.05) is 0 Å². The SMILES string of the molecule is O=C(Nc1cc(O[C@@H]2CCOC2)cc(C(F)(F)F)c1)c1ccc(F)c(Cc2ncccc2-c2ccncn2)c1. The van der Waals surface area contributed by atoms with Crippen LogP contribution in [0.4, 0.5) is 23.2 Å². The van der Waals surface area contributed by atoms with Crippen LogP contribution in [0.5, 0.6) is 5.75 Å². The molecular weight excluding hydrogens is 516 g/mol. The summed E-state index contributed by atoms with van der Waals surface area (Å²) in [5.41, 5.74) is 0.989. The summed E-state index contributed by atoms with van der Waals surface area (Å²) < 4.78 is 66.2. The van der Waals surface area contributed by atoms with Crippen LogP contribution in [0, 0.1) is 5.82 Å². The average Bonchev–Trinajstić information content (AvgIpc) is 3.43. The highest BCUT2D eigenvalue weighted by molar-refractivity contribution is 6.04. The van der Waals surface area contributed by atoms with E-state index in [1.54, 1.807) is 30.6 Å².